The number of unbranched alkanes of at least 4 members (excludes halogenated alkanes) is 1. The van der Waals surface area contributed by atoms with Gasteiger partial charge in [-0.15, -0.1) is 5.10 Å². The number of nitrogens with zero attached hydrogens (tertiary/aromatic N) is 5. The van der Waals surface area contributed by atoms with Crippen LogP contribution in [0.2, 0.25) is 5.15 Å². The number of pyridine rings is 1. The first-order chi connectivity index (χ1) is 24.5. The standard InChI is InChI=1S/C44H40ClN5/c1-4-5-25-41-40(31(2)32(3)42(45)46-41)30-33-26-28-34(29-27-33)38-23-15-16-24-39(38)43-47-48-49-50(43)44(35-17-9-6-10-18-35,36-19-11-7-12-20-36)37-21-13-8-14-22-37/h6-24,26-29H,4-5,25,30H2,1-3H3. The Kier molecular flexibility index (Phi) is 9.68. The van der Waals surface area contributed by atoms with E-state index < -0.39 is 5.54 Å². The summed E-state index contributed by atoms with van der Waals surface area (Å²) < 4.78 is 2.00. The van der Waals surface area contributed by atoms with E-state index in [0.717, 1.165) is 70.3 Å². The minimum atomic E-state index is -0.836. The van der Waals surface area contributed by atoms with Crippen molar-refractivity contribution in [2.24, 2.45) is 0 Å². The molecule has 0 unspecified atom stereocenters. The molecule has 50 heavy (non-hydrogen) atoms. The summed E-state index contributed by atoms with van der Waals surface area (Å²) in [6.07, 6.45) is 3.95. The molecule has 0 aliphatic carbocycles. The maximum atomic E-state index is 6.54. The Bertz CT molecular complexity index is 2100. The van der Waals surface area contributed by atoms with Crippen LogP contribution in [0.4, 0.5) is 0 Å². The van der Waals surface area contributed by atoms with Gasteiger partial charge in [0, 0.05) is 11.3 Å². The second-order valence-electron chi connectivity index (χ2n) is 12.8. The van der Waals surface area contributed by atoms with Gasteiger partial charge in [-0.1, -0.05) is 164 Å². The molecule has 0 aliphatic heterocycles. The predicted molar refractivity (Wildman–Crippen MR) is 203 cm³/mol. The van der Waals surface area contributed by atoms with E-state index >= 15 is 0 Å². The number of hydrogen-bond donors (Lipinski definition) is 0. The molecular weight excluding hydrogens is 634 g/mol. The summed E-state index contributed by atoms with van der Waals surface area (Å²) >= 11 is 6.54. The molecular formula is C44H40ClN5. The van der Waals surface area contributed by atoms with E-state index in [9.17, 15) is 0 Å². The van der Waals surface area contributed by atoms with Crippen LogP contribution >= 0.6 is 11.6 Å². The van der Waals surface area contributed by atoms with E-state index in [2.05, 4.69) is 147 Å². The molecule has 2 heterocycles. The number of hydrogen-bond acceptors (Lipinski definition) is 4. The second kappa shape index (κ2) is 14.6. The lowest BCUT2D eigenvalue weighted by Crippen LogP contribution is -2.39. The molecule has 0 bridgehead atoms. The lowest BCUT2D eigenvalue weighted by atomic mass is 9.77. The molecule has 7 aromatic rings. The third kappa shape index (κ3) is 6.14. The minimum Gasteiger partial charge on any atom is -0.241 e. The first-order valence-electron chi connectivity index (χ1n) is 17.3. The maximum Gasteiger partial charge on any atom is 0.184 e. The lowest BCUT2D eigenvalue weighted by molar-refractivity contribution is 0.451. The van der Waals surface area contributed by atoms with Crippen LogP contribution in [-0.2, 0) is 18.4 Å². The fraction of sp³-hybridized carbons (Fsp3) is 0.182. The molecule has 0 atom stereocenters. The van der Waals surface area contributed by atoms with Crippen LogP contribution in [0.25, 0.3) is 22.5 Å². The SMILES string of the molecule is CCCCc1nc(Cl)c(C)c(C)c1Cc1ccc(-c2ccccc2-c2nnnn2C(c2ccccc2)(c2ccccc2)c2ccccc2)cc1. The van der Waals surface area contributed by atoms with Gasteiger partial charge in [0.25, 0.3) is 0 Å². The second-order valence-corrected chi connectivity index (χ2v) is 13.2. The lowest BCUT2D eigenvalue weighted by Gasteiger charge is -2.36. The maximum absolute atomic E-state index is 6.54. The summed E-state index contributed by atoms with van der Waals surface area (Å²) in [5.74, 6) is 0.681. The van der Waals surface area contributed by atoms with Crippen molar-refractivity contribution in [3.05, 3.63) is 189 Å². The third-order valence-electron chi connectivity index (χ3n) is 9.85. The average Bonchev–Trinajstić information content (AvgIpc) is 3.66. The molecule has 7 rings (SSSR count). The number of aryl methyl sites for hydroxylation is 1. The highest BCUT2D eigenvalue weighted by Gasteiger charge is 2.42. The van der Waals surface area contributed by atoms with Gasteiger partial charge in [0.05, 0.1) is 0 Å². The Morgan fingerprint density at radius 2 is 1.18 bits per heavy atom. The summed E-state index contributed by atoms with van der Waals surface area (Å²) in [5.41, 5.74) is 11.4. The molecule has 2 aromatic heterocycles. The van der Waals surface area contributed by atoms with Crippen LogP contribution in [0.1, 0.15) is 64.4 Å². The third-order valence-corrected chi connectivity index (χ3v) is 10.2. The van der Waals surface area contributed by atoms with Crippen molar-refractivity contribution in [3.8, 4) is 22.5 Å². The molecule has 6 heteroatoms. The van der Waals surface area contributed by atoms with Crippen molar-refractivity contribution in [2.75, 3.05) is 0 Å². The highest BCUT2D eigenvalue weighted by Crippen LogP contribution is 2.43. The van der Waals surface area contributed by atoms with E-state index in [1.165, 1.54) is 16.7 Å². The van der Waals surface area contributed by atoms with Gasteiger partial charge in [-0.3, -0.25) is 0 Å². The fourth-order valence-electron chi connectivity index (χ4n) is 7.07. The Hall–Kier alpha value is -5.39. The van der Waals surface area contributed by atoms with Gasteiger partial charge < -0.3 is 0 Å². The van der Waals surface area contributed by atoms with E-state index in [1.807, 2.05) is 22.9 Å². The molecule has 0 fully saturated rings. The molecule has 0 saturated heterocycles. The normalized spacial score (nSPS) is 11.5. The summed E-state index contributed by atoms with van der Waals surface area (Å²) in [5, 5.41) is 14.5. The number of benzene rings is 5. The highest BCUT2D eigenvalue weighted by molar-refractivity contribution is 6.30. The van der Waals surface area contributed by atoms with Crippen molar-refractivity contribution >= 4 is 11.6 Å². The van der Waals surface area contributed by atoms with E-state index in [4.69, 9.17) is 26.9 Å². The van der Waals surface area contributed by atoms with Gasteiger partial charge >= 0.3 is 0 Å². The Morgan fingerprint density at radius 3 is 1.74 bits per heavy atom. The molecule has 0 amide bonds. The van der Waals surface area contributed by atoms with Crippen molar-refractivity contribution in [3.63, 3.8) is 0 Å². The monoisotopic (exact) mass is 673 g/mol. The smallest absolute Gasteiger partial charge is 0.184 e. The van der Waals surface area contributed by atoms with Crippen LogP contribution < -0.4 is 0 Å². The number of rotatable bonds is 11. The predicted octanol–water partition coefficient (Wildman–Crippen LogP) is 10.4. The molecule has 5 aromatic carbocycles. The Labute approximate surface area is 299 Å². The van der Waals surface area contributed by atoms with E-state index in [1.54, 1.807) is 0 Å². The molecule has 0 radical (unpaired) electrons. The van der Waals surface area contributed by atoms with Crippen molar-refractivity contribution < 1.29 is 0 Å². The van der Waals surface area contributed by atoms with Gasteiger partial charge in [0.15, 0.2) is 5.82 Å². The summed E-state index contributed by atoms with van der Waals surface area (Å²) in [6.45, 7) is 6.44. The van der Waals surface area contributed by atoms with E-state index in [-0.39, 0.29) is 0 Å². The zero-order valence-corrected chi connectivity index (χ0v) is 29.5. The van der Waals surface area contributed by atoms with Gasteiger partial charge in [-0.05, 0) is 93.6 Å². The topological polar surface area (TPSA) is 56.5 Å². The largest absolute Gasteiger partial charge is 0.241 e. The quantitative estimate of drug-likeness (QED) is 0.101. The minimum absolute atomic E-state index is 0.613. The van der Waals surface area contributed by atoms with Crippen LogP contribution in [0.5, 0.6) is 0 Å². The number of tetrazole rings is 1. The first-order valence-corrected chi connectivity index (χ1v) is 17.7. The zero-order chi connectivity index (χ0) is 34.5. The van der Waals surface area contributed by atoms with E-state index in [0.29, 0.717) is 11.0 Å². The molecule has 0 spiro atoms. The van der Waals surface area contributed by atoms with Crippen molar-refractivity contribution in [1.82, 2.24) is 25.2 Å². The number of halogens is 1. The summed E-state index contributed by atoms with van der Waals surface area (Å²) in [4.78, 5) is 4.81. The van der Waals surface area contributed by atoms with Crippen LogP contribution in [0, 0.1) is 13.8 Å². The number of aromatic nitrogens is 5. The van der Waals surface area contributed by atoms with Crippen LogP contribution in [0.3, 0.4) is 0 Å². The van der Waals surface area contributed by atoms with Crippen molar-refractivity contribution in [1.29, 1.82) is 0 Å². The van der Waals surface area contributed by atoms with Crippen LogP contribution in [0.15, 0.2) is 140 Å². The zero-order valence-electron chi connectivity index (χ0n) is 28.7. The average molecular weight is 674 g/mol. The molecule has 5 nitrogen and oxygen atoms in total. The van der Waals surface area contributed by atoms with Gasteiger partial charge in [-0.25, -0.2) is 9.67 Å². The van der Waals surface area contributed by atoms with Gasteiger partial charge in [0.1, 0.15) is 10.7 Å². The molecule has 0 aliphatic rings. The molecule has 248 valence electrons. The first kappa shape index (κ1) is 33.1. The van der Waals surface area contributed by atoms with Gasteiger partial charge in [0.2, 0.25) is 0 Å². The van der Waals surface area contributed by atoms with Crippen LogP contribution in [-0.4, -0.2) is 25.2 Å². The Balaban J connectivity index is 1.34. The fourth-order valence-corrected chi connectivity index (χ4v) is 7.32. The van der Waals surface area contributed by atoms with Crippen molar-refractivity contribution in [2.45, 2.75) is 52.0 Å². The molecule has 0 N–H and O–H groups in total. The summed E-state index contributed by atoms with van der Waals surface area (Å²) in [7, 11) is 0. The highest BCUT2D eigenvalue weighted by atomic mass is 35.5. The van der Waals surface area contributed by atoms with Gasteiger partial charge in [-0.2, -0.15) is 0 Å². The summed E-state index contributed by atoms with van der Waals surface area (Å²) in [6, 6.07) is 48.8. The molecule has 0 saturated carbocycles. The Morgan fingerprint density at radius 1 is 0.640 bits per heavy atom.